The zero-order valence-corrected chi connectivity index (χ0v) is 65.1. The number of carboxylic acid groups (broad SMARTS) is 3. The van der Waals surface area contributed by atoms with E-state index in [2.05, 4.69) is 197 Å². The van der Waals surface area contributed by atoms with E-state index in [1.807, 2.05) is 69.3 Å². The second-order valence-electron chi connectivity index (χ2n) is 29.1. The molecule has 3 aliphatic rings. The number of carboxylic acids is 3. The van der Waals surface area contributed by atoms with E-state index in [1.54, 1.807) is 4.90 Å². The molecule has 18 heteroatoms. The molecule has 108 heavy (non-hydrogen) atoms. The lowest BCUT2D eigenvalue weighted by molar-refractivity contribution is -0.858. The number of benzene rings is 6. The average molecular weight is 1490 g/mol. The van der Waals surface area contributed by atoms with Crippen molar-refractivity contribution in [2.45, 2.75) is 178 Å². The lowest BCUT2D eigenvalue weighted by Gasteiger charge is -2.31. The van der Waals surface area contributed by atoms with Crippen molar-refractivity contribution in [3.8, 4) is 0 Å². The number of carbonyl (C=O) groups excluding carboxylic acids is 9. The van der Waals surface area contributed by atoms with Crippen molar-refractivity contribution >= 4 is 53.4 Å². The summed E-state index contributed by atoms with van der Waals surface area (Å²) in [5.41, 5.74) is 7.46. The molecule has 3 N–H and O–H groups in total. The Balaban J connectivity index is 0.000000759. The second-order valence-corrected chi connectivity index (χ2v) is 29.1. The van der Waals surface area contributed by atoms with Crippen molar-refractivity contribution in [3.63, 3.8) is 0 Å². The molecule has 0 spiro atoms. The van der Waals surface area contributed by atoms with Gasteiger partial charge in [0.15, 0.2) is 0 Å². The Morgan fingerprint density at radius 3 is 0.759 bits per heavy atom. The van der Waals surface area contributed by atoms with E-state index in [0.29, 0.717) is 31.5 Å². The maximum absolute atomic E-state index is 13.9. The third-order valence-corrected chi connectivity index (χ3v) is 20.3. The number of carbonyl (C=O) groups is 9. The van der Waals surface area contributed by atoms with Gasteiger partial charge in [0.2, 0.25) is 35.4 Å². The molecule has 0 aliphatic carbocycles. The minimum atomic E-state index is -1.08. The van der Waals surface area contributed by atoms with Gasteiger partial charge >= 0.3 is 0 Å². The fraction of sp³-hybridized carbons (Fsp3) is 0.500. The first-order valence-corrected chi connectivity index (χ1v) is 37.8. The minimum absolute atomic E-state index is 0. The number of nitrogens with one attached hydrogen (secondary N) is 3. The first-order valence-electron chi connectivity index (χ1n) is 37.8. The molecule has 12 atom stereocenters. The summed E-state index contributed by atoms with van der Waals surface area (Å²) in [4.78, 5) is 115. The number of nitrogens with zero attached hydrogens (tertiary/aromatic N) is 3. The van der Waals surface area contributed by atoms with Crippen LogP contribution in [0.4, 0.5) is 0 Å². The molecule has 18 nitrogen and oxygen atoms in total. The lowest BCUT2D eigenvalue weighted by Crippen LogP contribution is -3.05. The Morgan fingerprint density at radius 1 is 0.324 bits per heavy atom. The highest BCUT2D eigenvalue weighted by Gasteiger charge is 2.51. The molecule has 0 radical (unpaired) electrons. The molecule has 0 aromatic heterocycles. The largest absolute Gasteiger partial charge is 0.550 e. The van der Waals surface area contributed by atoms with E-state index in [-0.39, 0.29) is 117 Å². The van der Waals surface area contributed by atoms with Gasteiger partial charge in [-0.1, -0.05) is 246 Å². The van der Waals surface area contributed by atoms with Crippen LogP contribution in [-0.2, 0) is 43.2 Å². The molecular formula is C90H132N6O12. The Hall–Kier alpha value is -8.97. The average Bonchev–Trinajstić information content (AvgIpc) is 1.63. The molecule has 9 rings (SSSR count). The molecule has 6 aromatic rings. The highest BCUT2D eigenvalue weighted by Crippen LogP contribution is 2.47. The van der Waals surface area contributed by atoms with Crippen LogP contribution in [-0.4, -0.2) is 150 Å². The van der Waals surface area contributed by atoms with Crippen molar-refractivity contribution in [2.24, 2.45) is 35.5 Å². The molecule has 3 fully saturated rings. The Kier molecular flexibility index (Phi) is 45.5. The van der Waals surface area contributed by atoms with Gasteiger partial charge in [-0.2, -0.15) is 0 Å². The van der Waals surface area contributed by atoms with Gasteiger partial charge in [0, 0.05) is 74.6 Å². The summed E-state index contributed by atoms with van der Waals surface area (Å²) in [7, 11) is 12.6. The summed E-state index contributed by atoms with van der Waals surface area (Å²) in [6.45, 7) is 19.8. The third-order valence-electron chi connectivity index (χ3n) is 20.3. The summed E-state index contributed by atoms with van der Waals surface area (Å²) in [5.74, 6) is -3.71. The fourth-order valence-corrected chi connectivity index (χ4v) is 15.1. The summed E-state index contributed by atoms with van der Waals surface area (Å²) < 4.78 is 0. The molecule has 3 aliphatic heterocycles. The molecule has 3 saturated heterocycles. The first kappa shape index (κ1) is 97.0. The Bertz CT molecular complexity index is 3540. The second kappa shape index (κ2) is 50.6. The van der Waals surface area contributed by atoms with Gasteiger partial charge in [-0.3, -0.25) is 43.5 Å². The van der Waals surface area contributed by atoms with Crippen LogP contribution in [0.1, 0.15) is 211 Å². The van der Waals surface area contributed by atoms with Gasteiger partial charge in [0.05, 0.1) is 79.7 Å². The van der Waals surface area contributed by atoms with E-state index in [9.17, 15) is 28.8 Å². The van der Waals surface area contributed by atoms with Crippen LogP contribution in [0.25, 0.3) is 0 Å². The van der Waals surface area contributed by atoms with Gasteiger partial charge in [-0.15, -0.1) is 0 Å². The number of likely N-dealkylation sites (tertiary alicyclic amines) is 3. The highest BCUT2D eigenvalue weighted by molar-refractivity contribution is 6.07. The van der Waals surface area contributed by atoms with Crippen molar-refractivity contribution in [3.05, 3.63) is 215 Å². The van der Waals surface area contributed by atoms with Gasteiger partial charge in [0.25, 0.3) is 0 Å². The van der Waals surface area contributed by atoms with Crippen LogP contribution >= 0.6 is 0 Å². The summed E-state index contributed by atoms with van der Waals surface area (Å²) in [6, 6.07) is 63.0. The van der Waals surface area contributed by atoms with Crippen LogP contribution in [0.15, 0.2) is 182 Å². The van der Waals surface area contributed by atoms with Gasteiger partial charge in [-0.05, 0) is 128 Å². The van der Waals surface area contributed by atoms with E-state index >= 15 is 0 Å². The monoisotopic (exact) mass is 1490 g/mol. The first-order chi connectivity index (χ1) is 50.0. The number of quaternary nitrogens is 3. The minimum Gasteiger partial charge on any atom is -0.550 e. The summed E-state index contributed by atoms with van der Waals surface area (Å²) in [6.07, 6.45) is 8.18. The molecule has 594 valence electrons. The van der Waals surface area contributed by atoms with E-state index in [4.69, 9.17) is 29.7 Å². The van der Waals surface area contributed by atoms with Gasteiger partial charge in [-0.25, -0.2) is 0 Å². The SMILES string of the molecule is C.C.C.CC(=O)[O-].CC(=O)[O-].CC(=O)[O-].CCC(c1ccccc1)C1C(=O)N(CCC[NH+](C)C)C(=O)C1C.CC[C@H](CC(c1ccccc1)C1C(=O)N(CCC[NH+](C)C)C(=O)C1C)c1ccccc1.CC[C@H](C[C@H](CC(c1ccccc1)C1C(=O)N(CCC[NH+](C)C)C(=O)C1C)c1ccccc1)c1ccccc1. The number of imide groups is 3. The Morgan fingerprint density at radius 2 is 0.528 bits per heavy atom. The predicted molar refractivity (Wildman–Crippen MR) is 427 cm³/mol. The number of hydrogen-bond acceptors (Lipinski definition) is 12. The highest BCUT2D eigenvalue weighted by atomic mass is 16.4. The standard InChI is InChI=1S/C35H44N2O2.C27H36N2O2.C19H28N2O2.3C2H4O2.3CH4/c1-5-27(28-16-9-6-10-17-28)24-31(29-18-11-7-12-19-29)25-32(30-20-13-8-14-21-30)33-26(2)34(38)37(35(33)39)23-15-22-36(3)4;1-5-21(22-13-8-6-9-14-22)19-24(23-15-10-7-11-16-23)25-20(2)26(30)29(27(25)31)18-12-17-28(3)4;1-5-16(15-10-7-6-8-11-15)17-14(2)18(22)21(19(17)23)13-9-12-20(3)4;3*1-2(3)4;;;/h6-14,16-21,26-27,31-33H,5,15,22-25H2,1-4H3;6-11,13-16,20-21,24-25H,5,12,17-19H2,1-4H3;6-8,10-11,14,16-17H,5,9,12-13H2,1-4H3;3*1H3,(H,3,4);3*1H4/t26?,27-,31-,32?,33?;20?,21-,24?,25?;;;;;;;/m11......./s1. The predicted octanol–water partition coefficient (Wildman–Crippen LogP) is 8.71. The van der Waals surface area contributed by atoms with E-state index in [1.165, 1.54) is 41.2 Å². The lowest BCUT2D eigenvalue weighted by atomic mass is 9.71. The normalized spacial score (nSPS) is 18.8. The van der Waals surface area contributed by atoms with Crippen LogP contribution < -0.4 is 30.0 Å². The summed E-state index contributed by atoms with van der Waals surface area (Å²) in [5, 5.41) is 26.7. The van der Waals surface area contributed by atoms with Crippen LogP contribution in [0, 0.1) is 35.5 Å². The maximum Gasteiger partial charge on any atom is 0.233 e. The maximum atomic E-state index is 13.9. The topological polar surface area (TPSA) is 246 Å². The smallest absolute Gasteiger partial charge is 0.233 e. The number of hydrogen-bond donors (Lipinski definition) is 3. The summed E-state index contributed by atoms with van der Waals surface area (Å²) >= 11 is 0. The fourth-order valence-electron chi connectivity index (χ4n) is 15.1. The van der Waals surface area contributed by atoms with Crippen molar-refractivity contribution in [1.82, 2.24) is 14.7 Å². The molecule has 6 amide bonds. The van der Waals surface area contributed by atoms with Crippen LogP contribution in [0.5, 0.6) is 0 Å². The molecule has 0 saturated carbocycles. The number of rotatable bonds is 30. The molecule has 6 aromatic carbocycles. The Labute approximate surface area is 648 Å². The van der Waals surface area contributed by atoms with Crippen LogP contribution in [0.3, 0.4) is 0 Å². The zero-order chi connectivity index (χ0) is 77.9. The van der Waals surface area contributed by atoms with Crippen molar-refractivity contribution < 1.29 is 73.2 Å². The van der Waals surface area contributed by atoms with Gasteiger partial charge < -0.3 is 44.4 Å². The van der Waals surface area contributed by atoms with Gasteiger partial charge in [0.1, 0.15) is 0 Å². The number of amides is 6. The zero-order valence-electron chi connectivity index (χ0n) is 65.1. The van der Waals surface area contributed by atoms with E-state index in [0.717, 1.165) is 115 Å². The molecule has 3 heterocycles. The van der Waals surface area contributed by atoms with Crippen LogP contribution in [0.2, 0.25) is 0 Å². The molecule has 0 bridgehead atoms. The number of aliphatic carboxylic acids is 3. The quantitative estimate of drug-likeness (QED) is 0.0359. The van der Waals surface area contributed by atoms with Crippen molar-refractivity contribution in [2.75, 3.05) is 81.6 Å². The van der Waals surface area contributed by atoms with E-state index < -0.39 is 17.9 Å². The molecular weight excluding hydrogens is 1360 g/mol. The third kappa shape index (κ3) is 30.6. The molecule has 9 unspecified atom stereocenters. The van der Waals surface area contributed by atoms with Crippen molar-refractivity contribution in [1.29, 1.82) is 0 Å².